The fourth-order valence-corrected chi connectivity index (χ4v) is 3.31. The van der Waals surface area contributed by atoms with E-state index >= 15 is 0 Å². The second-order valence-electron chi connectivity index (χ2n) is 5.94. The summed E-state index contributed by atoms with van der Waals surface area (Å²) in [6.45, 7) is 5.87. The number of para-hydroxylation sites is 1. The first-order valence-electron chi connectivity index (χ1n) is 8.65. The van der Waals surface area contributed by atoms with Crippen molar-refractivity contribution in [3.05, 3.63) is 42.5 Å². The molecule has 2 aromatic carbocycles. The lowest BCUT2D eigenvalue weighted by atomic mass is 10.1. The van der Waals surface area contributed by atoms with Crippen LogP contribution in [0.5, 0.6) is 5.75 Å². The fourth-order valence-electron chi connectivity index (χ4n) is 3.07. The van der Waals surface area contributed by atoms with Gasteiger partial charge in [-0.2, -0.15) is 0 Å². The molecule has 3 aromatic rings. The molecule has 0 aliphatic rings. The molecule has 0 unspecified atom stereocenters. The van der Waals surface area contributed by atoms with Crippen LogP contribution in [0.4, 0.5) is 5.69 Å². The summed E-state index contributed by atoms with van der Waals surface area (Å²) in [4.78, 5) is 7.12. The van der Waals surface area contributed by atoms with Gasteiger partial charge in [-0.05, 0) is 30.8 Å². The highest BCUT2D eigenvalue weighted by molar-refractivity contribution is 6.18. The Bertz CT molecular complexity index is 857. The number of halogens is 2. The van der Waals surface area contributed by atoms with Crippen LogP contribution >= 0.6 is 24.0 Å². The van der Waals surface area contributed by atoms with Gasteiger partial charge >= 0.3 is 0 Å². The van der Waals surface area contributed by atoms with Crippen molar-refractivity contribution in [1.29, 1.82) is 0 Å². The van der Waals surface area contributed by atoms with Gasteiger partial charge in [0.1, 0.15) is 5.75 Å². The summed E-state index contributed by atoms with van der Waals surface area (Å²) in [6, 6.07) is 14.2. The number of nitrogens with one attached hydrogen (secondary N) is 1. The van der Waals surface area contributed by atoms with Gasteiger partial charge in [-0.1, -0.05) is 25.1 Å². The molecule has 1 N–H and O–H groups in total. The molecular formula is C20H25Cl2N3O. The molecule has 140 valence electrons. The van der Waals surface area contributed by atoms with Gasteiger partial charge in [0, 0.05) is 36.3 Å². The number of rotatable bonds is 8. The molecular weight excluding hydrogens is 369 g/mol. The van der Waals surface area contributed by atoms with Gasteiger partial charge < -0.3 is 15.0 Å². The van der Waals surface area contributed by atoms with Crippen LogP contribution in [-0.4, -0.2) is 49.1 Å². The number of pyridine rings is 1. The van der Waals surface area contributed by atoms with Crippen molar-refractivity contribution in [3.63, 3.8) is 0 Å². The molecule has 1 heterocycles. The second kappa shape index (κ2) is 9.81. The van der Waals surface area contributed by atoms with Crippen LogP contribution in [0, 0.1) is 0 Å². The summed E-state index contributed by atoms with van der Waals surface area (Å²) >= 11 is 5.88. The van der Waals surface area contributed by atoms with Crippen molar-refractivity contribution in [3.8, 4) is 5.75 Å². The van der Waals surface area contributed by atoms with Gasteiger partial charge in [-0.25, -0.2) is 4.98 Å². The molecule has 0 aliphatic heterocycles. The molecule has 0 saturated heterocycles. The number of anilines is 1. The van der Waals surface area contributed by atoms with Gasteiger partial charge in [0.2, 0.25) is 0 Å². The Morgan fingerprint density at radius 1 is 1.08 bits per heavy atom. The van der Waals surface area contributed by atoms with Gasteiger partial charge in [0.05, 0.1) is 23.8 Å². The van der Waals surface area contributed by atoms with E-state index in [1.165, 1.54) is 0 Å². The minimum atomic E-state index is 0. The monoisotopic (exact) mass is 393 g/mol. The number of alkyl halides is 1. The Morgan fingerprint density at radius 2 is 1.85 bits per heavy atom. The van der Waals surface area contributed by atoms with Gasteiger partial charge in [-0.15, -0.1) is 24.0 Å². The van der Waals surface area contributed by atoms with Crippen LogP contribution in [0.3, 0.4) is 0 Å². The van der Waals surface area contributed by atoms with Crippen LogP contribution in [0.2, 0.25) is 0 Å². The smallest absolute Gasteiger partial charge is 0.119 e. The fraction of sp³-hybridized carbons (Fsp3) is 0.350. The van der Waals surface area contributed by atoms with E-state index in [1.807, 2.05) is 30.3 Å². The number of nitrogens with zero attached hydrogens (tertiary/aromatic N) is 2. The zero-order chi connectivity index (χ0) is 17.6. The summed E-state index contributed by atoms with van der Waals surface area (Å²) in [5.41, 5.74) is 3.08. The third-order valence-electron chi connectivity index (χ3n) is 4.47. The van der Waals surface area contributed by atoms with E-state index in [0.29, 0.717) is 5.88 Å². The molecule has 0 spiro atoms. The lowest BCUT2D eigenvalue weighted by Crippen LogP contribution is -2.30. The van der Waals surface area contributed by atoms with Crippen molar-refractivity contribution in [2.75, 3.05) is 44.5 Å². The molecule has 0 atom stereocenters. The number of hydrogen-bond donors (Lipinski definition) is 1. The number of likely N-dealkylation sites (N-methyl/N-ethyl adjacent to an activating group) is 1. The summed E-state index contributed by atoms with van der Waals surface area (Å²) in [5, 5.41) is 5.84. The quantitative estimate of drug-likeness (QED) is 0.440. The van der Waals surface area contributed by atoms with E-state index in [4.69, 9.17) is 21.3 Å². The van der Waals surface area contributed by atoms with E-state index < -0.39 is 0 Å². The highest BCUT2D eigenvalue weighted by atomic mass is 35.5. The summed E-state index contributed by atoms with van der Waals surface area (Å²) in [7, 11) is 1.69. The molecule has 3 rings (SSSR count). The Balaban J connectivity index is 0.00000243. The molecule has 0 fully saturated rings. The molecule has 4 nitrogen and oxygen atoms in total. The first kappa shape index (κ1) is 20.6. The Morgan fingerprint density at radius 3 is 2.58 bits per heavy atom. The summed E-state index contributed by atoms with van der Waals surface area (Å²) in [5.74, 6) is 1.50. The molecule has 6 heteroatoms. The maximum Gasteiger partial charge on any atom is 0.119 e. The van der Waals surface area contributed by atoms with Crippen molar-refractivity contribution < 1.29 is 4.74 Å². The standard InChI is InChI=1S/C20H24ClN3O.ClH/c1-3-24(12-10-21)13-11-22-20-16-6-4-5-7-18(16)23-19-9-8-15(25-2)14-17(19)20;/h4-9,14H,3,10-13H2,1-2H3,(H,22,23);1H. The zero-order valence-electron chi connectivity index (χ0n) is 15.2. The Kier molecular flexibility index (Phi) is 7.76. The lowest BCUT2D eigenvalue weighted by molar-refractivity contribution is 0.318. The first-order valence-corrected chi connectivity index (χ1v) is 9.19. The number of aromatic nitrogens is 1. The highest BCUT2D eigenvalue weighted by Crippen LogP contribution is 2.32. The number of hydrogen-bond acceptors (Lipinski definition) is 4. The minimum absolute atomic E-state index is 0. The predicted octanol–water partition coefficient (Wildman–Crippen LogP) is 4.79. The third-order valence-corrected chi connectivity index (χ3v) is 4.63. The maximum atomic E-state index is 5.88. The van der Waals surface area contributed by atoms with Crippen molar-refractivity contribution in [2.24, 2.45) is 0 Å². The van der Waals surface area contributed by atoms with E-state index in [2.05, 4.69) is 29.3 Å². The largest absolute Gasteiger partial charge is 0.497 e. The van der Waals surface area contributed by atoms with Crippen LogP contribution in [-0.2, 0) is 0 Å². The Hall–Kier alpha value is -1.75. The van der Waals surface area contributed by atoms with Crippen LogP contribution in [0.25, 0.3) is 21.8 Å². The summed E-state index contributed by atoms with van der Waals surface area (Å²) in [6.07, 6.45) is 0. The first-order chi connectivity index (χ1) is 12.3. The maximum absolute atomic E-state index is 5.88. The number of benzene rings is 2. The van der Waals surface area contributed by atoms with E-state index in [1.54, 1.807) is 7.11 Å². The average molecular weight is 394 g/mol. The van der Waals surface area contributed by atoms with Crippen LogP contribution < -0.4 is 10.1 Å². The van der Waals surface area contributed by atoms with Crippen LogP contribution in [0.1, 0.15) is 6.92 Å². The topological polar surface area (TPSA) is 37.4 Å². The molecule has 0 bridgehead atoms. The highest BCUT2D eigenvalue weighted by Gasteiger charge is 2.10. The average Bonchev–Trinajstić information content (AvgIpc) is 2.66. The Labute approximate surface area is 165 Å². The SMILES string of the molecule is CCN(CCCl)CCNc1c2ccccc2nc2ccc(OC)cc12.Cl. The number of fused-ring (bicyclic) bond motifs is 2. The second-order valence-corrected chi connectivity index (χ2v) is 6.32. The molecule has 0 saturated carbocycles. The van der Waals surface area contributed by atoms with Gasteiger partial charge in [0.25, 0.3) is 0 Å². The van der Waals surface area contributed by atoms with Crippen molar-refractivity contribution >= 4 is 51.5 Å². The molecule has 26 heavy (non-hydrogen) atoms. The normalized spacial score (nSPS) is 10.9. The third kappa shape index (κ3) is 4.50. The summed E-state index contributed by atoms with van der Waals surface area (Å²) < 4.78 is 5.40. The molecule has 1 aromatic heterocycles. The lowest BCUT2D eigenvalue weighted by Gasteiger charge is -2.20. The molecule has 0 aliphatic carbocycles. The van der Waals surface area contributed by atoms with Crippen LogP contribution in [0.15, 0.2) is 42.5 Å². The predicted molar refractivity (Wildman–Crippen MR) is 114 cm³/mol. The van der Waals surface area contributed by atoms with E-state index in [0.717, 1.165) is 59.4 Å². The minimum Gasteiger partial charge on any atom is -0.497 e. The van der Waals surface area contributed by atoms with Crippen molar-refractivity contribution in [1.82, 2.24) is 9.88 Å². The molecule has 0 amide bonds. The zero-order valence-corrected chi connectivity index (χ0v) is 16.7. The van der Waals surface area contributed by atoms with E-state index in [9.17, 15) is 0 Å². The van der Waals surface area contributed by atoms with Gasteiger partial charge in [-0.3, -0.25) is 0 Å². The number of methoxy groups -OCH3 is 1. The van der Waals surface area contributed by atoms with Gasteiger partial charge in [0.15, 0.2) is 0 Å². The van der Waals surface area contributed by atoms with Crippen molar-refractivity contribution in [2.45, 2.75) is 6.92 Å². The molecule has 0 radical (unpaired) electrons. The van der Waals surface area contributed by atoms with E-state index in [-0.39, 0.29) is 12.4 Å². The number of ether oxygens (including phenoxy) is 1.